The van der Waals surface area contributed by atoms with Crippen molar-refractivity contribution in [2.75, 3.05) is 12.4 Å². The van der Waals surface area contributed by atoms with E-state index in [1.807, 2.05) is 0 Å². The number of halogens is 2. The first kappa shape index (κ1) is 21.3. The molecule has 0 spiro atoms. The van der Waals surface area contributed by atoms with E-state index >= 15 is 0 Å². The molecule has 0 unspecified atom stereocenters. The number of hydrogen-bond donors (Lipinski definition) is 2. The Labute approximate surface area is 172 Å². The predicted molar refractivity (Wildman–Crippen MR) is 107 cm³/mol. The van der Waals surface area contributed by atoms with Gasteiger partial charge in [-0.15, -0.1) is 0 Å². The molecule has 1 fully saturated rings. The first-order valence-corrected chi connectivity index (χ1v) is 10.4. The Morgan fingerprint density at radius 1 is 1.31 bits per heavy atom. The number of carbonyl (C=O) groups excluding carboxylic acids is 1. The van der Waals surface area contributed by atoms with Crippen molar-refractivity contribution < 1.29 is 17.6 Å². The summed E-state index contributed by atoms with van der Waals surface area (Å²) in [6.45, 7) is 0.0185. The van der Waals surface area contributed by atoms with Crippen molar-refractivity contribution in [3.05, 3.63) is 69.3 Å². The van der Waals surface area contributed by atoms with Gasteiger partial charge in [-0.25, -0.2) is 4.39 Å². The lowest BCUT2D eigenvalue weighted by atomic mass is 9.98. The van der Waals surface area contributed by atoms with E-state index in [-0.39, 0.29) is 23.7 Å². The molecule has 0 aromatic heterocycles. The van der Waals surface area contributed by atoms with E-state index in [4.69, 9.17) is 11.6 Å². The number of nitrogens with zero attached hydrogens (tertiary/aromatic N) is 2. The fraction of sp³-hybridized carbons (Fsp3) is 0.278. The number of nitrogens with one attached hydrogen (secondary N) is 2. The Morgan fingerprint density at radius 3 is 2.62 bits per heavy atom. The van der Waals surface area contributed by atoms with E-state index in [0.29, 0.717) is 11.1 Å². The van der Waals surface area contributed by atoms with E-state index in [1.165, 1.54) is 19.2 Å². The van der Waals surface area contributed by atoms with Crippen molar-refractivity contribution in [2.24, 2.45) is 5.18 Å². The standard InChI is InChI=1S/C18H18ClFN4O4S/c1-24-17(18(25)22-13-6-7-15(20)14(19)8-13)9-16(23-29(24,27)28)12-4-2-11(3-5-12)10-21-26/h2-8,16-17,23H,9-10H2,1H3,(H,22,25)/t16-,17+/m1/s1. The summed E-state index contributed by atoms with van der Waals surface area (Å²) in [5.41, 5.74) is 1.61. The molecule has 154 valence electrons. The number of nitroso groups, excluding NO2 is 1. The van der Waals surface area contributed by atoms with Crippen LogP contribution in [-0.2, 0) is 21.5 Å². The van der Waals surface area contributed by atoms with Crippen LogP contribution in [-0.4, -0.2) is 31.7 Å². The fourth-order valence-electron chi connectivity index (χ4n) is 3.06. The Bertz CT molecular complexity index is 1030. The highest BCUT2D eigenvalue weighted by molar-refractivity contribution is 7.87. The summed E-state index contributed by atoms with van der Waals surface area (Å²) in [6.07, 6.45) is 0.168. The molecule has 2 aromatic carbocycles. The second-order valence-corrected chi connectivity index (χ2v) is 8.76. The highest BCUT2D eigenvalue weighted by atomic mass is 35.5. The van der Waals surface area contributed by atoms with Crippen molar-refractivity contribution in [1.29, 1.82) is 0 Å². The number of benzene rings is 2. The van der Waals surface area contributed by atoms with Gasteiger partial charge in [0.25, 0.3) is 10.2 Å². The molecule has 0 bridgehead atoms. The van der Waals surface area contributed by atoms with Crippen LogP contribution in [0.25, 0.3) is 0 Å². The minimum Gasteiger partial charge on any atom is -0.325 e. The summed E-state index contributed by atoms with van der Waals surface area (Å²) in [5.74, 6) is -1.19. The molecule has 3 rings (SSSR count). The molecule has 11 heteroatoms. The summed E-state index contributed by atoms with van der Waals surface area (Å²) >= 11 is 5.73. The lowest BCUT2D eigenvalue weighted by Crippen LogP contribution is -2.55. The summed E-state index contributed by atoms with van der Waals surface area (Å²) in [4.78, 5) is 23.1. The van der Waals surface area contributed by atoms with Crippen molar-refractivity contribution in [1.82, 2.24) is 9.03 Å². The zero-order valence-electron chi connectivity index (χ0n) is 15.3. The number of amides is 1. The van der Waals surface area contributed by atoms with Gasteiger partial charge in [-0.05, 0) is 35.7 Å². The van der Waals surface area contributed by atoms with Crippen molar-refractivity contribution >= 4 is 33.4 Å². The van der Waals surface area contributed by atoms with Gasteiger partial charge < -0.3 is 5.32 Å². The largest absolute Gasteiger partial charge is 0.325 e. The first-order valence-electron chi connectivity index (χ1n) is 8.60. The Morgan fingerprint density at radius 2 is 2.00 bits per heavy atom. The fourth-order valence-corrected chi connectivity index (χ4v) is 4.51. The van der Waals surface area contributed by atoms with Gasteiger partial charge in [0, 0.05) is 18.8 Å². The molecule has 2 N–H and O–H groups in total. The van der Waals surface area contributed by atoms with Crippen LogP contribution in [0.5, 0.6) is 0 Å². The average molecular weight is 441 g/mol. The predicted octanol–water partition coefficient (Wildman–Crippen LogP) is 2.96. The van der Waals surface area contributed by atoms with Crippen molar-refractivity contribution in [2.45, 2.75) is 25.0 Å². The van der Waals surface area contributed by atoms with E-state index in [2.05, 4.69) is 15.2 Å². The zero-order chi connectivity index (χ0) is 21.2. The number of hydrogen-bond acceptors (Lipinski definition) is 5. The van der Waals surface area contributed by atoms with Crippen LogP contribution in [0.1, 0.15) is 23.6 Å². The maximum atomic E-state index is 13.3. The molecular weight excluding hydrogens is 423 g/mol. The number of carbonyl (C=O) groups is 1. The maximum absolute atomic E-state index is 13.3. The topological polar surface area (TPSA) is 108 Å². The number of anilines is 1. The minimum atomic E-state index is -3.91. The average Bonchev–Trinajstić information content (AvgIpc) is 2.67. The minimum absolute atomic E-state index is 0.0185. The second kappa shape index (κ2) is 8.54. The van der Waals surface area contributed by atoms with Crippen LogP contribution >= 0.6 is 11.6 Å². The van der Waals surface area contributed by atoms with Crippen LogP contribution in [0.2, 0.25) is 5.02 Å². The zero-order valence-corrected chi connectivity index (χ0v) is 16.9. The van der Waals surface area contributed by atoms with Gasteiger partial charge >= 0.3 is 0 Å². The Kier molecular flexibility index (Phi) is 6.27. The van der Waals surface area contributed by atoms with Crippen LogP contribution in [0.15, 0.2) is 47.6 Å². The van der Waals surface area contributed by atoms with Gasteiger partial charge in [-0.1, -0.05) is 41.0 Å². The molecule has 0 radical (unpaired) electrons. The molecule has 1 aliphatic rings. The number of likely N-dealkylation sites (N-methyl/N-ethyl adjacent to an activating group) is 1. The molecule has 0 saturated carbocycles. The van der Waals surface area contributed by atoms with Crippen LogP contribution in [0.4, 0.5) is 10.1 Å². The molecule has 0 aliphatic carbocycles. The van der Waals surface area contributed by atoms with Gasteiger partial charge in [-0.3, -0.25) is 4.79 Å². The maximum Gasteiger partial charge on any atom is 0.280 e. The molecule has 29 heavy (non-hydrogen) atoms. The smallest absolute Gasteiger partial charge is 0.280 e. The third kappa shape index (κ3) is 4.78. The van der Waals surface area contributed by atoms with E-state index < -0.39 is 34.0 Å². The molecular formula is C18H18ClFN4O4S. The van der Waals surface area contributed by atoms with Gasteiger partial charge in [0.15, 0.2) is 0 Å². The van der Waals surface area contributed by atoms with Crippen LogP contribution in [0, 0.1) is 10.7 Å². The lowest BCUT2D eigenvalue weighted by molar-refractivity contribution is -0.120. The van der Waals surface area contributed by atoms with E-state index in [1.54, 1.807) is 24.3 Å². The van der Waals surface area contributed by atoms with Gasteiger partial charge in [0.2, 0.25) is 5.91 Å². The SMILES string of the molecule is CN1[C@H](C(=O)Nc2ccc(F)c(Cl)c2)C[C@H](c2ccc(CN=O)cc2)NS1(=O)=O. The molecule has 1 heterocycles. The third-order valence-corrected chi connectivity index (χ3v) is 6.57. The summed E-state index contributed by atoms with van der Waals surface area (Å²) in [5, 5.41) is 5.23. The quantitative estimate of drug-likeness (QED) is 0.697. The normalized spacial score (nSPS) is 21.5. The van der Waals surface area contributed by atoms with Gasteiger partial charge in [0.05, 0.1) is 5.02 Å². The van der Waals surface area contributed by atoms with E-state index in [9.17, 15) is 22.5 Å². The monoisotopic (exact) mass is 440 g/mol. The molecule has 2 aromatic rings. The first-order chi connectivity index (χ1) is 13.7. The van der Waals surface area contributed by atoms with E-state index in [0.717, 1.165) is 10.4 Å². The third-order valence-electron chi connectivity index (χ3n) is 4.69. The summed E-state index contributed by atoms with van der Waals surface area (Å²) in [6, 6.07) is 8.81. The highest BCUT2D eigenvalue weighted by Crippen LogP contribution is 2.29. The van der Waals surface area contributed by atoms with Crippen molar-refractivity contribution in [3.63, 3.8) is 0 Å². The van der Waals surface area contributed by atoms with Gasteiger partial charge in [-0.2, -0.15) is 22.4 Å². The summed E-state index contributed by atoms with van der Waals surface area (Å²) < 4.78 is 41.8. The lowest BCUT2D eigenvalue weighted by Gasteiger charge is -2.36. The van der Waals surface area contributed by atoms with Crippen LogP contribution < -0.4 is 10.0 Å². The molecule has 2 atom stereocenters. The molecule has 1 saturated heterocycles. The summed E-state index contributed by atoms with van der Waals surface area (Å²) in [7, 11) is -2.61. The Balaban J connectivity index is 1.82. The second-order valence-electron chi connectivity index (χ2n) is 6.59. The van der Waals surface area contributed by atoms with Crippen LogP contribution in [0.3, 0.4) is 0 Å². The molecule has 1 aliphatic heterocycles. The number of rotatable bonds is 5. The van der Waals surface area contributed by atoms with Gasteiger partial charge in [0.1, 0.15) is 18.4 Å². The Hall–Kier alpha value is -2.40. The highest BCUT2D eigenvalue weighted by Gasteiger charge is 2.40. The van der Waals surface area contributed by atoms with Crippen molar-refractivity contribution in [3.8, 4) is 0 Å². The molecule has 1 amide bonds. The molecule has 8 nitrogen and oxygen atoms in total.